The number of hydrogen-bond acceptors (Lipinski definition) is 2. The number of aliphatic hydroxyl groups is 1. The molecule has 0 saturated heterocycles. The third kappa shape index (κ3) is 11.3. The van der Waals surface area contributed by atoms with Crippen molar-refractivity contribution in [2.24, 2.45) is 0 Å². The topological polar surface area (TPSA) is 20.2 Å². The lowest BCUT2D eigenvalue weighted by Crippen LogP contribution is -1.57. The van der Waals surface area contributed by atoms with Crippen LogP contribution in [0, 0.1) is 0 Å². The molecule has 0 bridgehead atoms. The highest BCUT2D eigenvalue weighted by molar-refractivity contribution is 7.07. The monoisotopic (exact) mass is 146 g/mol. The quantitative estimate of drug-likeness (QED) is 0.596. The van der Waals surface area contributed by atoms with E-state index in [2.05, 4.69) is 0 Å². The fraction of sp³-hybridized carbons (Fsp3) is 0.429. The van der Waals surface area contributed by atoms with E-state index >= 15 is 0 Å². The van der Waals surface area contributed by atoms with Gasteiger partial charge >= 0.3 is 0 Å². The number of thiophene rings is 1. The molecule has 0 aromatic carbocycles. The zero-order valence-electron chi connectivity index (χ0n) is 4.87. The highest BCUT2D eigenvalue weighted by Gasteiger charge is 1.58. The minimum Gasteiger partial charge on any atom is -0.397 e. The maximum absolute atomic E-state index is 7.57. The van der Waals surface area contributed by atoms with Crippen LogP contribution in [0.1, 0.15) is 14.4 Å². The Morgan fingerprint density at radius 3 is 1.78 bits per heavy atom. The highest BCUT2D eigenvalue weighted by atomic mass is 32.1. The predicted molar refractivity (Wildman–Crippen MR) is 43.8 cm³/mol. The lowest BCUT2D eigenvalue weighted by atomic mass is 10.7. The van der Waals surface area contributed by atoms with Crippen LogP contribution in [0.5, 0.6) is 0 Å². The van der Waals surface area contributed by atoms with Gasteiger partial charge in [0.1, 0.15) is 0 Å². The molecule has 0 saturated carbocycles. The summed E-state index contributed by atoms with van der Waals surface area (Å²) in [5.74, 6) is 0. The second kappa shape index (κ2) is 10.6. The summed E-state index contributed by atoms with van der Waals surface area (Å²) in [4.78, 5) is 0. The van der Waals surface area contributed by atoms with E-state index in [0.717, 1.165) is 0 Å². The zero-order valence-corrected chi connectivity index (χ0v) is 5.69. The summed E-state index contributed by atoms with van der Waals surface area (Å²) in [7, 11) is 0. The lowest BCUT2D eigenvalue weighted by Gasteiger charge is -1.52. The molecule has 2 heteroatoms. The van der Waals surface area contributed by atoms with Crippen molar-refractivity contribution >= 4 is 11.3 Å². The molecule has 0 fully saturated rings. The largest absolute Gasteiger partial charge is 0.397 e. The number of aliphatic hydroxyl groups excluding tert-OH is 1. The molecule has 1 rings (SSSR count). The van der Waals surface area contributed by atoms with E-state index in [1.54, 1.807) is 18.3 Å². The second-order valence-electron chi connectivity index (χ2n) is 1.11. The summed E-state index contributed by atoms with van der Waals surface area (Å²) >= 11 is 1.71. The van der Waals surface area contributed by atoms with Crippen LogP contribution in [0.4, 0.5) is 0 Å². The first-order valence-electron chi connectivity index (χ1n) is 2.49. The summed E-state index contributed by atoms with van der Waals surface area (Å²) in [5, 5.41) is 11.7. The smallest absolute Gasteiger partial charge is 0.0402 e. The van der Waals surface area contributed by atoms with Crippen LogP contribution in [0.15, 0.2) is 22.9 Å². The molecule has 0 aliphatic heterocycles. The van der Waals surface area contributed by atoms with E-state index < -0.39 is 0 Å². The van der Waals surface area contributed by atoms with Crippen molar-refractivity contribution in [2.45, 2.75) is 14.4 Å². The van der Waals surface area contributed by atoms with E-state index in [1.165, 1.54) is 0 Å². The van der Waals surface area contributed by atoms with Gasteiger partial charge in [0.25, 0.3) is 0 Å². The van der Waals surface area contributed by atoms with Gasteiger partial charge < -0.3 is 5.11 Å². The van der Waals surface area contributed by atoms with Crippen molar-refractivity contribution in [1.29, 1.82) is 0 Å². The third-order valence-corrected chi connectivity index (χ3v) is 1.05. The van der Waals surface area contributed by atoms with Gasteiger partial charge in [0.2, 0.25) is 0 Å². The van der Waals surface area contributed by atoms with Crippen molar-refractivity contribution in [1.82, 2.24) is 0 Å². The summed E-state index contributed by atoms with van der Waals surface area (Å²) in [5.41, 5.74) is 0. The first-order valence-corrected chi connectivity index (χ1v) is 3.44. The Balaban J connectivity index is 0. The standard InChI is InChI=1S/C4H4S.C2H6O.CH4/c1-2-4-5-3-1;1-2-3;/h1-4H;3H,2H2,1H3;1H4. The molecule has 0 amide bonds. The van der Waals surface area contributed by atoms with E-state index in [0.29, 0.717) is 0 Å². The van der Waals surface area contributed by atoms with E-state index in [9.17, 15) is 0 Å². The fourth-order valence-electron chi connectivity index (χ4n) is 0.227. The van der Waals surface area contributed by atoms with Gasteiger partial charge in [-0.2, -0.15) is 11.3 Å². The highest BCUT2D eigenvalue weighted by Crippen LogP contribution is 1.91. The number of rotatable bonds is 0. The molecule has 0 atom stereocenters. The zero-order chi connectivity index (χ0) is 6.24. The summed E-state index contributed by atoms with van der Waals surface area (Å²) in [6.45, 7) is 1.93. The average Bonchev–Trinajstić information content (AvgIpc) is 2.17. The number of hydrogen-bond donors (Lipinski definition) is 1. The fourth-order valence-corrected chi connectivity index (χ4v) is 0.680. The molecule has 0 aliphatic rings. The molecule has 1 heterocycles. The molecule has 0 unspecified atom stereocenters. The molecular weight excluding hydrogens is 132 g/mol. The summed E-state index contributed by atoms with van der Waals surface area (Å²) in [6.07, 6.45) is 0. The first kappa shape index (κ1) is 11.5. The molecule has 54 valence electrons. The van der Waals surface area contributed by atoms with E-state index in [1.807, 2.05) is 22.9 Å². The molecule has 9 heavy (non-hydrogen) atoms. The lowest BCUT2D eigenvalue weighted by molar-refractivity contribution is 0.318. The Morgan fingerprint density at radius 1 is 1.33 bits per heavy atom. The molecule has 0 radical (unpaired) electrons. The van der Waals surface area contributed by atoms with Crippen molar-refractivity contribution in [3.8, 4) is 0 Å². The minimum absolute atomic E-state index is 0. The van der Waals surface area contributed by atoms with Gasteiger partial charge in [-0.1, -0.05) is 19.6 Å². The van der Waals surface area contributed by atoms with Crippen LogP contribution in [0.2, 0.25) is 0 Å². The van der Waals surface area contributed by atoms with Crippen LogP contribution < -0.4 is 0 Å². The van der Waals surface area contributed by atoms with E-state index in [-0.39, 0.29) is 14.0 Å². The molecule has 0 aliphatic carbocycles. The van der Waals surface area contributed by atoms with Crippen LogP contribution in [0.25, 0.3) is 0 Å². The third-order valence-electron chi connectivity index (χ3n) is 0.425. The Morgan fingerprint density at radius 2 is 1.67 bits per heavy atom. The van der Waals surface area contributed by atoms with Gasteiger partial charge in [-0.25, -0.2) is 0 Å². The van der Waals surface area contributed by atoms with Crippen molar-refractivity contribution in [3.63, 3.8) is 0 Å². The van der Waals surface area contributed by atoms with Gasteiger partial charge in [-0.3, -0.25) is 0 Å². The van der Waals surface area contributed by atoms with Gasteiger partial charge in [0.15, 0.2) is 0 Å². The SMILES string of the molecule is C.CCO.c1ccsc1. The summed E-state index contributed by atoms with van der Waals surface area (Å²) < 4.78 is 0. The van der Waals surface area contributed by atoms with Crippen molar-refractivity contribution in [2.75, 3.05) is 6.61 Å². The summed E-state index contributed by atoms with van der Waals surface area (Å²) in [6, 6.07) is 4.04. The molecular formula is C7H14OS. The minimum atomic E-state index is 0. The molecule has 1 nitrogen and oxygen atoms in total. The molecule has 1 aromatic heterocycles. The Labute approximate surface area is 61.0 Å². The van der Waals surface area contributed by atoms with Crippen LogP contribution >= 0.6 is 11.3 Å². The Hall–Kier alpha value is -0.340. The second-order valence-corrected chi connectivity index (χ2v) is 1.93. The maximum atomic E-state index is 7.57. The predicted octanol–water partition coefficient (Wildman–Crippen LogP) is 2.38. The molecule has 1 N–H and O–H groups in total. The first-order chi connectivity index (χ1) is 3.91. The van der Waals surface area contributed by atoms with Crippen LogP contribution in [-0.2, 0) is 0 Å². The Kier molecular flexibility index (Phi) is 13.5. The van der Waals surface area contributed by atoms with E-state index in [4.69, 9.17) is 5.11 Å². The molecule has 0 spiro atoms. The average molecular weight is 146 g/mol. The Bertz CT molecular complexity index is 75.8. The van der Waals surface area contributed by atoms with Gasteiger partial charge in [-0.15, -0.1) is 0 Å². The maximum Gasteiger partial charge on any atom is 0.0402 e. The van der Waals surface area contributed by atoms with Crippen LogP contribution in [0.3, 0.4) is 0 Å². The van der Waals surface area contributed by atoms with Crippen molar-refractivity contribution in [3.05, 3.63) is 22.9 Å². The normalized spacial score (nSPS) is 6.44. The van der Waals surface area contributed by atoms with Gasteiger partial charge in [-0.05, 0) is 17.7 Å². The van der Waals surface area contributed by atoms with Gasteiger partial charge in [0.05, 0.1) is 0 Å². The van der Waals surface area contributed by atoms with Gasteiger partial charge in [0, 0.05) is 6.61 Å². The molecule has 1 aromatic rings. The van der Waals surface area contributed by atoms with Crippen LogP contribution in [-0.4, -0.2) is 11.7 Å². The van der Waals surface area contributed by atoms with Crippen molar-refractivity contribution < 1.29 is 5.11 Å².